The maximum absolute atomic E-state index is 10.1. The number of hydrogen-bond acceptors (Lipinski definition) is 3. The molecular formula is C12H23N3O. The maximum atomic E-state index is 10.1. The van der Waals surface area contributed by atoms with E-state index in [-0.39, 0.29) is 5.92 Å². The lowest BCUT2D eigenvalue weighted by atomic mass is 9.92. The molecule has 0 saturated carbocycles. The van der Waals surface area contributed by atoms with E-state index in [4.69, 9.17) is 0 Å². The zero-order valence-electron chi connectivity index (χ0n) is 10.9. The van der Waals surface area contributed by atoms with Crippen LogP contribution in [0.15, 0.2) is 6.20 Å². The van der Waals surface area contributed by atoms with Crippen LogP contribution in [0.25, 0.3) is 0 Å². The number of nitrogens with zero attached hydrogens (tertiary/aromatic N) is 2. The summed E-state index contributed by atoms with van der Waals surface area (Å²) in [5.41, 5.74) is 1.69. The summed E-state index contributed by atoms with van der Waals surface area (Å²) in [6, 6.07) is 0. The van der Waals surface area contributed by atoms with Crippen LogP contribution in [0.4, 0.5) is 0 Å². The second kappa shape index (κ2) is 4.97. The molecule has 1 unspecified atom stereocenters. The topological polar surface area (TPSA) is 50.1 Å². The zero-order valence-corrected chi connectivity index (χ0v) is 10.9. The lowest BCUT2D eigenvalue weighted by Gasteiger charge is -2.27. The molecule has 1 atom stereocenters. The van der Waals surface area contributed by atoms with E-state index in [1.54, 1.807) is 0 Å². The Bertz CT molecular complexity index is 342. The standard InChI is InChI=1S/C12H23N3O/c1-9(2)12(4,16)8-13-6-11-7-14-15(5)10(11)3/h7,9,13,16H,6,8H2,1-5H3. The predicted molar refractivity (Wildman–Crippen MR) is 65.1 cm³/mol. The second-order valence-electron chi connectivity index (χ2n) is 4.99. The molecule has 0 spiro atoms. The molecule has 0 amide bonds. The van der Waals surface area contributed by atoms with Crippen LogP contribution < -0.4 is 5.32 Å². The average molecular weight is 225 g/mol. The number of hydrogen-bond donors (Lipinski definition) is 2. The van der Waals surface area contributed by atoms with E-state index in [9.17, 15) is 5.11 Å². The van der Waals surface area contributed by atoms with E-state index in [0.717, 1.165) is 12.2 Å². The van der Waals surface area contributed by atoms with Crippen LogP contribution in [0.3, 0.4) is 0 Å². The van der Waals surface area contributed by atoms with E-state index in [1.165, 1.54) is 5.56 Å². The van der Waals surface area contributed by atoms with Crippen molar-refractivity contribution in [2.75, 3.05) is 6.54 Å². The monoisotopic (exact) mass is 225 g/mol. The molecular weight excluding hydrogens is 202 g/mol. The molecule has 0 aliphatic carbocycles. The van der Waals surface area contributed by atoms with Crippen LogP contribution in [0, 0.1) is 12.8 Å². The Morgan fingerprint density at radius 3 is 2.62 bits per heavy atom. The maximum Gasteiger partial charge on any atom is 0.0766 e. The van der Waals surface area contributed by atoms with Gasteiger partial charge >= 0.3 is 0 Å². The summed E-state index contributed by atoms with van der Waals surface area (Å²) < 4.78 is 1.86. The lowest BCUT2D eigenvalue weighted by molar-refractivity contribution is 0.0140. The Balaban J connectivity index is 2.45. The quantitative estimate of drug-likeness (QED) is 0.792. The van der Waals surface area contributed by atoms with Gasteiger partial charge in [0.15, 0.2) is 0 Å². The van der Waals surface area contributed by atoms with Crippen LogP contribution in [0.5, 0.6) is 0 Å². The first-order valence-electron chi connectivity index (χ1n) is 5.75. The molecule has 1 aromatic heterocycles. The Morgan fingerprint density at radius 1 is 1.56 bits per heavy atom. The minimum Gasteiger partial charge on any atom is -0.389 e. The molecule has 1 rings (SSSR count). The molecule has 0 aliphatic rings. The molecule has 4 nitrogen and oxygen atoms in total. The first-order valence-corrected chi connectivity index (χ1v) is 5.75. The highest BCUT2D eigenvalue weighted by Crippen LogP contribution is 2.15. The summed E-state index contributed by atoms with van der Waals surface area (Å²) in [5.74, 6) is 0.245. The summed E-state index contributed by atoms with van der Waals surface area (Å²) in [4.78, 5) is 0. The average Bonchev–Trinajstić information content (AvgIpc) is 2.49. The van der Waals surface area contributed by atoms with Crippen molar-refractivity contribution >= 4 is 0 Å². The van der Waals surface area contributed by atoms with Crippen molar-refractivity contribution in [3.05, 3.63) is 17.5 Å². The van der Waals surface area contributed by atoms with E-state index >= 15 is 0 Å². The smallest absolute Gasteiger partial charge is 0.0766 e. The number of rotatable bonds is 5. The molecule has 4 heteroatoms. The van der Waals surface area contributed by atoms with Gasteiger partial charge in [-0.05, 0) is 19.8 Å². The summed E-state index contributed by atoms with van der Waals surface area (Å²) in [6.45, 7) is 9.31. The van der Waals surface area contributed by atoms with Crippen molar-refractivity contribution in [1.82, 2.24) is 15.1 Å². The van der Waals surface area contributed by atoms with Crippen molar-refractivity contribution in [3.8, 4) is 0 Å². The molecule has 1 heterocycles. The third-order valence-electron chi connectivity index (χ3n) is 3.38. The third-order valence-corrected chi connectivity index (χ3v) is 3.38. The summed E-state index contributed by atoms with van der Waals surface area (Å²) in [6.07, 6.45) is 1.87. The fraction of sp³-hybridized carbons (Fsp3) is 0.750. The summed E-state index contributed by atoms with van der Waals surface area (Å²) >= 11 is 0. The molecule has 0 aromatic carbocycles. The molecule has 0 radical (unpaired) electrons. The van der Waals surface area contributed by atoms with Crippen LogP contribution in [0.1, 0.15) is 32.0 Å². The number of aryl methyl sites for hydroxylation is 1. The van der Waals surface area contributed by atoms with Gasteiger partial charge in [0.1, 0.15) is 0 Å². The number of aromatic nitrogens is 2. The van der Waals surface area contributed by atoms with Gasteiger partial charge in [0.05, 0.1) is 11.8 Å². The molecule has 2 N–H and O–H groups in total. The van der Waals surface area contributed by atoms with Gasteiger partial charge in [0.2, 0.25) is 0 Å². The van der Waals surface area contributed by atoms with Crippen molar-refractivity contribution in [1.29, 1.82) is 0 Å². The Labute approximate surface area is 97.7 Å². The van der Waals surface area contributed by atoms with Gasteiger partial charge in [0.25, 0.3) is 0 Å². The highest BCUT2D eigenvalue weighted by atomic mass is 16.3. The first kappa shape index (κ1) is 13.2. The Hall–Kier alpha value is -0.870. The molecule has 16 heavy (non-hydrogen) atoms. The van der Waals surface area contributed by atoms with Crippen molar-refractivity contribution < 1.29 is 5.11 Å². The summed E-state index contributed by atoms with van der Waals surface area (Å²) in [7, 11) is 1.93. The molecule has 0 bridgehead atoms. The van der Waals surface area contributed by atoms with Crippen molar-refractivity contribution in [3.63, 3.8) is 0 Å². The van der Waals surface area contributed by atoms with E-state index in [1.807, 2.05) is 45.6 Å². The third kappa shape index (κ3) is 3.06. The Morgan fingerprint density at radius 2 is 2.19 bits per heavy atom. The van der Waals surface area contributed by atoms with E-state index in [0.29, 0.717) is 6.54 Å². The minimum absolute atomic E-state index is 0.245. The van der Waals surface area contributed by atoms with Crippen molar-refractivity contribution in [2.24, 2.45) is 13.0 Å². The van der Waals surface area contributed by atoms with Gasteiger partial charge in [0, 0.05) is 31.4 Å². The van der Waals surface area contributed by atoms with Crippen LogP contribution in [-0.4, -0.2) is 27.0 Å². The van der Waals surface area contributed by atoms with Gasteiger partial charge in [-0.1, -0.05) is 13.8 Å². The highest BCUT2D eigenvalue weighted by molar-refractivity contribution is 5.15. The van der Waals surface area contributed by atoms with E-state index in [2.05, 4.69) is 10.4 Å². The van der Waals surface area contributed by atoms with E-state index < -0.39 is 5.60 Å². The van der Waals surface area contributed by atoms with Crippen LogP contribution >= 0.6 is 0 Å². The fourth-order valence-electron chi connectivity index (χ4n) is 1.37. The van der Waals surface area contributed by atoms with Gasteiger partial charge in [-0.15, -0.1) is 0 Å². The fourth-order valence-corrected chi connectivity index (χ4v) is 1.37. The van der Waals surface area contributed by atoms with Crippen LogP contribution in [0.2, 0.25) is 0 Å². The van der Waals surface area contributed by atoms with Gasteiger partial charge < -0.3 is 10.4 Å². The Kier molecular flexibility index (Phi) is 4.10. The van der Waals surface area contributed by atoms with Gasteiger partial charge in [-0.2, -0.15) is 5.10 Å². The molecule has 0 aliphatic heterocycles. The largest absolute Gasteiger partial charge is 0.389 e. The van der Waals surface area contributed by atoms with Crippen LogP contribution in [-0.2, 0) is 13.6 Å². The van der Waals surface area contributed by atoms with Gasteiger partial charge in [-0.25, -0.2) is 0 Å². The molecule has 0 saturated heterocycles. The second-order valence-corrected chi connectivity index (χ2v) is 4.99. The minimum atomic E-state index is -0.657. The predicted octanol–water partition coefficient (Wildman–Crippen LogP) is 1.23. The summed E-state index contributed by atoms with van der Waals surface area (Å²) in [5, 5.41) is 17.5. The molecule has 92 valence electrons. The zero-order chi connectivity index (χ0) is 12.3. The normalized spacial score (nSPS) is 15.4. The highest BCUT2D eigenvalue weighted by Gasteiger charge is 2.24. The molecule has 1 aromatic rings. The van der Waals surface area contributed by atoms with Gasteiger partial charge in [-0.3, -0.25) is 4.68 Å². The van der Waals surface area contributed by atoms with Crippen molar-refractivity contribution in [2.45, 2.75) is 39.8 Å². The first-order chi connectivity index (χ1) is 7.34. The molecule has 0 fully saturated rings. The SMILES string of the molecule is Cc1c(CNCC(C)(O)C(C)C)cnn1C. The number of aliphatic hydroxyl groups is 1. The number of nitrogens with one attached hydrogen (secondary N) is 1. The lowest BCUT2D eigenvalue weighted by Crippen LogP contribution is -2.42.